The Hall–Kier alpha value is -2.12. The lowest BCUT2D eigenvalue weighted by Gasteiger charge is -2.35. The van der Waals surface area contributed by atoms with Crippen LogP contribution >= 0.6 is 0 Å². The standard InChI is InChI=1S/C17H25F3N4O/c1-21-16(22-9-8-17(18,19)20)23-13-5-4-10-24(12-13)14-6-3-7-15(11-14)25-2/h3,6-7,11,13H,4-5,8-10,12H2,1-2H3,(H2,21,22,23). The number of alkyl halides is 3. The van der Waals surface area contributed by atoms with Gasteiger partial charge < -0.3 is 20.3 Å². The molecule has 1 aliphatic heterocycles. The number of nitrogens with zero attached hydrogens (tertiary/aromatic N) is 2. The zero-order valence-corrected chi connectivity index (χ0v) is 14.6. The Morgan fingerprint density at radius 1 is 1.40 bits per heavy atom. The van der Waals surface area contributed by atoms with Gasteiger partial charge in [0.15, 0.2) is 5.96 Å². The number of benzene rings is 1. The van der Waals surface area contributed by atoms with Crippen LogP contribution in [0.4, 0.5) is 18.9 Å². The van der Waals surface area contributed by atoms with E-state index in [0.717, 1.165) is 37.4 Å². The van der Waals surface area contributed by atoms with E-state index in [9.17, 15) is 13.2 Å². The predicted molar refractivity (Wildman–Crippen MR) is 93.4 cm³/mol. The first kappa shape index (κ1) is 19.2. The highest BCUT2D eigenvalue weighted by Gasteiger charge is 2.27. The number of halogens is 3. The Kier molecular flexibility index (Phi) is 6.78. The molecule has 1 aromatic carbocycles. The van der Waals surface area contributed by atoms with Gasteiger partial charge in [0, 0.05) is 44.5 Å². The van der Waals surface area contributed by atoms with Gasteiger partial charge in [0.05, 0.1) is 13.5 Å². The molecule has 0 spiro atoms. The van der Waals surface area contributed by atoms with Crippen molar-refractivity contribution < 1.29 is 17.9 Å². The van der Waals surface area contributed by atoms with Crippen LogP contribution < -0.4 is 20.3 Å². The van der Waals surface area contributed by atoms with E-state index >= 15 is 0 Å². The molecule has 25 heavy (non-hydrogen) atoms. The number of guanidine groups is 1. The van der Waals surface area contributed by atoms with E-state index in [1.165, 1.54) is 0 Å². The Bertz CT molecular complexity index is 577. The van der Waals surface area contributed by atoms with Crippen molar-refractivity contribution in [3.63, 3.8) is 0 Å². The lowest BCUT2D eigenvalue weighted by atomic mass is 10.0. The highest BCUT2D eigenvalue weighted by Crippen LogP contribution is 2.24. The lowest BCUT2D eigenvalue weighted by Crippen LogP contribution is -2.51. The molecule has 0 saturated carbocycles. The second kappa shape index (κ2) is 8.82. The zero-order valence-electron chi connectivity index (χ0n) is 14.6. The van der Waals surface area contributed by atoms with Gasteiger partial charge in [-0.3, -0.25) is 4.99 Å². The number of ether oxygens (including phenoxy) is 1. The fraction of sp³-hybridized carbons (Fsp3) is 0.588. The van der Waals surface area contributed by atoms with Crippen molar-refractivity contribution >= 4 is 11.6 Å². The summed E-state index contributed by atoms with van der Waals surface area (Å²) in [5.74, 6) is 1.21. The number of rotatable bonds is 5. The van der Waals surface area contributed by atoms with Gasteiger partial charge in [0.1, 0.15) is 5.75 Å². The van der Waals surface area contributed by atoms with E-state index in [4.69, 9.17) is 4.74 Å². The van der Waals surface area contributed by atoms with E-state index in [-0.39, 0.29) is 12.6 Å². The van der Waals surface area contributed by atoms with Gasteiger partial charge in [-0.15, -0.1) is 0 Å². The molecule has 140 valence electrons. The van der Waals surface area contributed by atoms with Crippen LogP contribution in [0.2, 0.25) is 0 Å². The van der Waals surface area contributed by atoms with Crippen molar-refractivity contribution in [1.29, 1.82) is 0 Å². The zero-order chi connectivity index (χ0) is 18.3. The van der Waals surface area contributed by atoms with Gasteiger partial charge in [-0.1, -0.05) is 6.07 Å². The Morgan fingerprint density at radius 2 is 2.20 bits per heavy atom. The third-order valence-corrected chi connectivity index (χ3v) is 4.11. The molecule has 8 heteroatoms. The second-order valence-corrected chi connectivity index (χ2v) is 6.00. The Balaban J connectivity index is 1.89. The van der Waals surface area contributed by atoms with Gasteiger partial charge in [-0.05, 0) is 25.0 Å². The summed E-state index contributed by atoms with van der Waals surface area (Å²) < 4.78 is 42.0. The third kappa shape index (κ3) is 6.36. The number of methoxy groups -OCH3 is 1. The maximum atomic E-state index is 12.3. The smallest absolute Gasteiger partial charge is 0.390 e. The number of aliphatic imine (C=N–C) groups is 1. The number of hydrogen-bond acceptors (Lipinski definition) is 3. The molecule has 2 rings (SSSR count). The van der Waals surface area contributed by atoms with Crippen LogP contribution in [0.1, 0.15) is 19.3 Å². The maximum Gasteiger partial charge on any atom is 0.390 e. The van der Waals surface area contributed by atoms with Crippen molar-refractivity contribution in [3.8, 4) is 5.75 Å². The van der Waals surface area contributed by atoms with Crippen molar-refractivity contribution in [2.45, 2.75) is 31.5 Å². The molecule has 1 fully saturated rings. The Labute approximate surface area is 146 Å². The molecule has 1 saturated heterocycles. The lowest BCUT2D eigenvalue weighted by molar-refractivity contribution is -0.132. The monoisotopic (exact) mass is 358 g/mol. The third-order valence-electron chi connectivity index (χ3n) is 4.11. The first-order valence-corrected chi connectivity index (χ1v) is 8.34. The topological polar surface area (TPSA) is 48.9 Å². The summed E-state index contributed by atoms with van der Waals surface area (Å²) in [5.41, 5.74) is 1.07. The number of nitrogens with one attached hydrogen (secondary N) is 2. The number of piperidine rings is 1. The normalized spacial score (nSPS) is 18.8. The molecule has 0 aliphatic carbocycles. The van der Waals surface area contributed by atoms with Crippen molar-refractivity contribution in [2.75, 3.05) is 38.7 Å². The number of hydrogen-bond donors (Lipinski definition) is 2. The molecule has 1 heterocycles. The summed E-state index contributed by atoms with van der Waals surface area (Å²) in [6, 6.07) is 7.98. The molecule has 1 atom stereocenters. The molecule has 0 aromatic heterocycles. The van der Waals surface area contributed by atoms with Crippen LogP contribution in [0, 0.1) is 0 Å². The summed E-state index contributed by atoms with van der Waals surface area (Å²) in [5, 5.41) is 5.95. The van der Waals surface area contributed by atoms with E-state index in [1.807, 2.05) is 24.3 Å². The fourth-order valence-electron chi connectivity index (χ4n) is 2.85. The largest absolute Gasteiger partial charge is 0.497 e. The van der Waals surface area contributed by atoms with E-state index < -0.39 is 12.6 Å². The molecule has 5 nitrogen and oxygen atoms in total. The van der Waals surface area contributed by atoms with Crippen LogP contribution in [0.25, 0.3) is 0 Å². The van der Waals surface area contributed by atoms with Gasteiger partial charge in [0.25, 0.3) is 0 Å². The molecule has 1 aromatic rings. The first-order chi connectivity index (χ1) is 11.9. The summed E-state index contributed by atoms with van der Waals surface area (Å²) in [6.45, 7) is 1.51. The molecular weight excluding hydrogens is 333 g/mol. The molecular formula is C17H25F3N4O. The SMILES string of the molecule is CN=C(NCCC(F)(F)F)NC1CCCN(c2cccc(OC)c2)C1. The molecule has 0 radical (unpaired) electrons. The van der Waals surface area contributed by atoms with E-state index in [2.05, 4.69) is 20.5 Å². The summed E-state index contributed by atoms with van der Waals surface area (Å²) in [4.78, 5) is 6.26. The maximum absolute atomic E-state index is 12.3. The second-order valence-electron chi connectivity index (χ2n) is 6.00. The highest BCUT2D eigenvalue weighted by molar-refractivity contribution is 5.80. The predicted octanol–water partition coefficient (Wildman–Crippen LogP) is 2.78. The van der Waals surface area contributed by atoms with E-state index in [1.54, 1.807) is 14.2 Å². The minimum atomic E-state index is -4.17. The quantitative estimate of drug-likeness (QED) is 0.628. The molecule has 0 amide bonds. The van der Waals surface area contributed by atoms with Crippen LogP contribution in [-0.4, -0.2) is 52.0 Å². The van der Waals surface area contributed by atoms with Crippen LogP contribution in [0.5, 0.6) is 5.75 Å². The van der Waals surface area contributed by atoms with Gasteiger partial charge >= 0.3 is 6.18 Å². The van der Waals surface area contributed by atoms with E-state index in [0.29, 0.717) is 5.96 Å². The summed E-state index contributed by atoms with van der Waals surface area (Å²) in [7, 11) is 3.20. The van der Waals surface area contributed by atoms with Crippen molar-refractivity contribution in [3.05, 3.63) is 24.3 Å². The molecule has 2 N–H and O–H groups in total. The van der Waals surface area contributed by atoms with Crippen LogP contribution in [-0.2, 0) is 0 Å². The van der Waals surface area contributed by atoms with Crippen LogP contribution in [0.3, 0.4) is 0 Å². The van der Waals surface area contributed by atoms with Gasteiger partial charge in [-0.25, -0.2) is 0 Å². The van der Waals surface area contributed by atoms with Gasteiger partial charge in [-0.2, -0.15) is 13.2 Å². The molecule has 1 unspecified atom stereocenters. The van der Waals surface area contributed by atoms with Gasteiger partial charge in [0.2, 0.25) is 0 Å². The average molecular weight is 358 g/mol. The minimum Gasteiger partial charge on any atom is -0.497 e. The number of anilines is 1. The summed E-state index contributed by atoms with van der Waals surface area (Å²) in [6.07, 6.45) is -3.11. The van der Waals surface area contributed by atoms with Crippen LogP contribution in [0.15, 0.2) is 29.3 Å². The highest BCUT2D eigenvalue weighted by atomic mass is 19.4. The Morgan fingerprint density at radius 3 is 2.88 bits per heavy atom. The minimum absolute atomic E-state index is 0.122. The first-order valence-electron chi connectivity index (χ1n) is 8.34. The molecule has 0 bridgehead atoms. The average Bonchev–Trinajstić information content (AvgIpc) is 2.60. The van der Waals surface area contributed by atoms with Crippen molar-refractivity contribution in [2.24, 2.45) is 4.99 Å². The van der Waals surface area contributed by atoms with Crippen molar-refractivity contribution in [1.82, 2.24) is 10.6 Å². The summed E-state index contributed by atoms with van der Waals surface area (Å²) >= 11 is 0. The fourth-order valence-corrected chi connectivity index (χ4v) is 2.85. The molecule has 1 aliphatic rings.